The van der Waals surface area contributed by atoms with Gasteiger partial charge in [-0.05, 0) is 43.7 Å². The quantitative estimate of drug-likeness (QED) is 0.689. The molecule has 28 heavy (non-hydrogen) atoms. The number of carbonyl (C=O) groups is 1. The highest BCUT2D eigenvalue weighted by Gasteiger charge is 2.21. The second-order valence-electron chi connectivity index (χ2n) is 7.23. The van der Waals surface area contributed by atoms with Gasteiger partial charge in [0, 0.05) is 23.2 Å². The molecule has 3 aromatic rings. The fourth-order valence-corrected chi connectivity index (χ4v) is 3.71. The first-order valence-electron chi connectivity index (χ1n) is 9.71. The molecule has 5 heteroatoms. The van der Waals surface area contributed by atoms with Crippen molar-refractivity contribution in [3.8, 4) is 11.4 Å². The van der Waals surface area contributed by atoms with Gasteiger partial charge in [0.15, 0.2) is 0 Å². The van der Waals surface area contributed by atoms with Crippen LogP contribution in [0.25, 0.3) is 11.4 Å². The van der Waals surface area contributed by atoms with Crippen LogP contribution >= 0.6 is 0 Å². The summed E-state index contributed by atoms with van der Waals surface area (Å²) >= 11 is 0. The molecule has 1 atom stereocenters. The summed E-state index contributed by atoms with van der Waals surface area (Å²) in [4.78, 5) is 32.5. The predicted octanol–water partition coefficient (Wildman–Crippen LogP) is 3.36. The number of rotatable bonds is 4. The van der Waals surface area contributed by atoms with E-state index in [4.69, 9.17) is 4.98 Å². The zero-order valence-corrected chi connectivity index (χ0v) is 15.7. The van der Waals surface area contributed by atoms with Crippen LogP contribution in [0.3, 0.4) is 0 Å². The van der Waals surface area contributed by atoms with Crippen LogP contribution in [-0.4, -0.2) is 22.4 Å². The Morgan fingerprint density at radius 2 is 1.68 bits per heavy atom. The lowest BCUT2D eigenvalue weighted by Gasteiger charge is -2.14. The summed E-state index contributed by atoms with van der Waals surface area (Å²) < 4.78 is 0. The second kappa shape index (κ2) is 8.21. The van der Waals surface area contributed by atoms with Gasteiger partial charge in [-0.25, -0.2) is 4.98 Å². The van der Waals surface area contributed by atoms with E-state index in [0.717, 1.165) is 36.1 Å². The number of nitrogens with zero attached hydrogens (tertiary/aromatic N) is 1. The van der Waals surface area contributed by atoms with Crippen molar-refractivity contribution >= 4 is 5.91 Å². The molecule has 4 rings (SSSR count). The Balaban J connectivity index is 1.44. The highest BCUT2D eigenvalue weighted by Crippen LogP contribution is 2.23. The molecule has 0 fully saturated rings. The lowest BCUT2D eigenvalue weighted by atomic mass is 9.99. The van der Waals surface area contributed by atoms with E-state index in [2.05, 4.69) is 10.3 Å². The van der Waals surface area contributed by atoms with Crippen LogP contribution in [-0.2, 0) is 12.8 Å². The van der Waals surface area contributed by atoms with Crippen molar-refractivity contribution in [2.24, 2.45) is 5.92 Å². The number of fused-ring (bicyclic) bond motifs is 1. The van der Waals surface area contributed by atoms with Crippen LogP contribution in [0.15, 0.2) is 65.5 Å². The number of hydrogen-bond donors (Lipinski definition) is 2. The number of aromatic amines is 1. The Kier molecular flexibility index (Phi) is 5.33. The molecule has 5 nitrogen and oxygen atoms in total. The van der Waals surface area contributed by atoms with Gasteiger partial charge >= 0.3 is 0 Å². The maximum Gasteiger partial charge on any atom is 0.254 e. The Morgan fingerprint density at radius 3 is 2.43 bits per heavy atom. The third kappa shape index (κ3) is 4.03. The fraction of sp³-hybridized carbons (Fsp3) is 0.261. The third-order valence-electron chi connectivity index (χ3n) is 5.33. The van der Waals surface area contributed by atoms with Gasteiger partial charge in [0.05, 0.1) is 5.69 Å². The highest BCUT2D eigenvalue weighted by molar-refractivity contribution is 5.94. The summed E-state index contributed by atoms with van der Waals surface area (Å²) in [5, 5.41) is 3.03. The summed E-state index contributed by atoms with van der Waals surface area (Å²) in [6.07, 6.45) is 3.23. The SMILES string of the molecule is O=C(NCC1CCc2nc(-c3ccccc3)[nH]c(=O)c2CC1)c1ccccc1. The first-order valence-corrected chi connectivity index (χ1v) is 9.71. The Labute approximate surface area is 163 Å². The van der Waals surface area contributed by atoms with Gasteiger partial charge in [-0.2, -0.15) is 0 Å². The molecule has 142 valence electrons. The minimum atomic E-state index is -0.0512. The number of nitrogens with one attached hydrogen (secondary N) is 2. The predicted molar refractivity (Wildman–Crippen MR) is 109 cm³/mol. The number of carbonyl (C=O) groups excluding carboxylic acids is 1. The lowest BCUT2D eigenvalue weighted by molar-refractivity contribution is 0.0946. The van der Waals surface area contributed by atoms with E-state index in [0.29, 0.717) is 30.3 Å². The van der Waals surface area contributed by atoms with E-state index in [1.165, 1.54) is 0 Å². The topological polar surface area (TPSA) is 74.8 Å². The van der Waals surface area contributed by atoms with Crippen molar-refractivity contribution in [3.63, 3.8) is 0 Å². The Morgan fingerprint density at radius 1 is 1.00 bits per heavy atom. The number of amides is 1. The standard InChI is InChI=1S/C23H23N3O2/c27-22(18-9-5-2-6-10-18)24-15-16-11-13-19-20(14-12-16)25-21(26-23(19)28)17-7-3-1-4-8-17/h1-10,16H,11-15H2,(H,24,27)(H,25,26,28). The highest BCUT2D eigenvalue weighted by atomic mass is 16.1. The molecular formula is C23H23N3O2. The van der Waals surface area contributed by atoms with Crippen LogP contribution in [0.1, 0.15) is 34.5 Å². The molecule has 0 aliphatic heterocycles. The normalized spacial score (nSPS) is 16.1. The molecule has 1 amide bonds. The average molecular weight is 373 g/mol. The van der Waals surface area contributed by atoms with Crippen molar-refractivity contribution in [3.05, 3.63) is 87.8 Å². The van der Waals surface area contributed by atoms with E-state index in [9.17, 15) is 9.59 Å². The van der Waals surface area contributed by atoms with Crippen molar-refractivity contribution in [1.29, 1.82) is 0 Å². The summed E-state index contributed by atoms with van der Waals surface area (Å²) in [6.45, 7) is 0.616. The van der Waals surface area contributed by atoms with Gasteiger partial charge in [0.2, 0.25) is 0 Å². The lowest BCUT2D eigenvalue weighted by Crippen LogP contribution is -2.29. The number of benzene rings is 2. The molecule has 0 radical (unpaired) electrons. The second-order valence-corrected chi connectivity index (χ2v) is 7.23. The molecule has 0 bridgehead atoms. The summed E-state index contributed by atoms with van der Waals surface area (Å²) in [5.74, 6) is 0.909. The summed E-state index contributed by atoms with van der Waals surface area (Å²) in [7, 11) is 0. The molecule has 1 heterocycles. The molecular weight excluding hydrogens is 350 g/mol. The zero-order valence-electron chi connectivity index (χ0n) is 15.7. The third-order valence-corrected chi connectivity index (χ3v) is 5.33. The molecule has 2 N–H and O–H groups in total. The van der Waals surface area contributed by atoms with E-state index in [1.807, 2.05) is 60.7 Å². The first kappa shape index (κ1) is 18.2. The maximum atomic E-state index is 12.6. The first-order chi connectivity index (χ1) is 13.7. The van der Waals surface area contributed by atoms with Gasteiger partial charge < -0.3 is 10.3 Å². The van der Waals surface area contributed by atoms with E-state index < -0.39 is 0 Å². The van der Waals surface area contributed by atoms with E-state index in [1.54, 1.807) is 0 Å². The number of hydrogen-bond acceptors (Lipinski definition) is 3. The van der Waals surface area contributed by atoms with E-state index >= 15 is 0 Å². The molecule has 2 aromatic carbocycles. The van der Waals surface area contributed by atoms with Crippen LogP contribution < -0.4 is 10.9 Å². The molecule has 0 saturated heterocycles. The van der Waals surface area contributed by atoms with Crippen LogP contribution in [0.4, 0.5) is 0 Å². The zero-order chi connectivity index (χ0) is 19.3. The molecule has 1 aromatic heterocycles. The summed E-state index contributed by atoms with van der Waals surface area (Å²) in [6, 6.07) is 19.0. The van der Waals surface area contributed by atoms with Crippen molar-refractivity contribution in [2.45, 2.75) is 25.7 Å². The number of H-pyrrole nitrogens is 1. The number of aromatic nitrogens is 2. The molecule has 1 unspecified atom stereocenters. The molecule has 1 aliphatic rings. The van der Waals surface area contributed by atoms with Crippen LogP contribution in [0.2, 0.25) is 0 Å². The fourth-order valence-electron chi connectivity index (χ4n) is 3.71. The van der Waals surface area contributed by atoms with Gasteiger partial charge in [0.1, 0.15) is 5.82 Å². The smallest absolute Gasteiger partial charge is 0.254 e. The Hall–Kier alpha value is -3.21. The molecule has 0 saturated carbocycles. The van der Waals surface area contributed by atoms with Gasteiger partial charge in [-0.15, -0.1) is 0 Å². The van der Waals surface area contributed by atoms with Gasteiger partial charge in [-0.1, -0.05) is 48.5 Å². The van der Waals surface area contributed by atoms with Crippen molar-refractivity contribution in [1.82, 2.24) is 15.3 Å². The minimum Gasteiger partial charge on any atom is -0.352 e. The van der Waals surface area contributed by atoms with Crippen LogP contribution in [0.5, 0.6) is 0 Å². The van der Waals surface area contributed by atoms with Gasteiger partial charge in [0.25, 0.3) is 11.5 Å². The maximum absolute atomic E-state index is 12.6. The monoisotopic (exact) mass is 373 g/mol. The Bertz CT molecular complexity index is 1010. The van der Waals surface area contributed by atoms with Crippen LogP contribution in [0, 0.1) is 5.92 Å². The van der Waals surface area contributed by atoms with Crippen molar-refractivity contribution in [2.75, 3.05) is 6.54 Å². The largest absolute Gasteiger partial charge is 0.352 e. The molecule has 0 spiro atoms. The van der Waals surface area contributed by atoms with E-state index in [-0.39, 0.29) is 11.5 Å². The minimum absolute atomic E-state index is 0.0437. The van der Waals surface area contributed by atoms with Crippen molar-refractivity contribution < 1.29 is 4.79 Å². The summed E-state index contributed by atoms with van der Waals surface area (Å²) in [5.41, 5.74) is 3.22. The average Bonchev–Trinajstić information content (AvgIpc) is 2.96. The van der Waals surface area contributed by atoms with Gasteiger partial charge in [-0.3, -0.25) is 9.59 Å². The number of aryl methyl sites for hydroxylation is 1. The molecule has 1 aliphatic carbocycles.